The Morgan fingerprint density at radius 2 is 0.806 bits per heavy atom. The molecule has 93 heavy (non-hydrogen) atoms. The molecular formula is C60H96N6O27. The number of carbonyl (C=O) groups excluding carboxylic acids is 5. The first-order valence-corrected chi connectivity index (χ1v) is 30.9. The van der Waals surface area contributed by atoms with Crippen molar-refractivity contribution in [1.82, 2.24) is 31.5 Å². The van der Waals surface area contributed by atoms with Gasteiger partial charge in [0.05, 0.1) is 144 Å². The van der Waals surface area contributed by atoms with Crippen LogP contribution in [0.4, 0.5) is 0 Å². The molecule has 0 radical (unpaired) electrons. The average molecular weight is 1330 g/mol. The van der Waals surface area contributed by atoms with Crippen LogP contribution in [-0.2, 0) is 87.2 Å². The van der Waals surface area contributed by atoms with Crippen molar-refractivity contribution < 1.29 is 132 Å². The average Bonchev–Trinajstić information content (AvgIpc) is 1.06. The molecule has 3 fully saturated rings. The lowest BCUT2D eigenvalue weighted by Crippen LogP contribution is -2.64. The van der Waals surface area contributed by atoms with E-state index >= 15 is 0 Å². The fourth-order valence-corrected chi connectivity index (χ4v) is 10.0. The van der Waals surface area contributed by atoms with Gasteiger partial charge in [0.1, 0.15) is 66.7 Å². The highest BCUT2D eigenvalue weighted by Crippen LogP contribution is 2.28. The number of aliphatic hydroxyl groups is 9. The fraction of sp³-hybridized carbons (Fsp3) is 0.717. The van der Waals surface area contributed by atoms with Crippen molar-refractivity contribution in [3.8, 4) is 16.9 Å². The van der Waals surface area contributed by atoms with E-state index in [4.69, 9.17) is 56.8 Å². The van der Waals surface area contributed by atoms with Gasteiger partial charge in [-0.2, -0.15) is 0 Å². The van der Waals surface area contributed by atoms with E-state index in [1.807, 2.05) is 24.3 Å². The number of hydrogen-bond acceptors (Lipinski definition) is 28. The number of aromatic hydroxyl groups is 1. The number of amides is 5. The summed E-state index contributed by atoms with van der Waals surface area (Å²) in [6.07, 6.45) is -14.8. The van der Waals surface area contributed by atoms with Crippen LogP contribution in [0, 0.1) is 5.92 Å². The number of rotatable bonds is 44. The first-order valence-electron chi connectivity index (χ1n) is 30.9. The molecule has 3 saturated heterocycles. The lowest BCUT2D eigenvalue weighted by Gasteiger charge is -2.42. The number of hydrogen-bond donors (Lipinski definition) is 15. The van der Waals surface area contributed by atoms with E-state index in [1.165, 1.54) is 18.7 Å². The second kappa shape index (κ2) is 43.0. The number of nitrogens with zero attached hydrogens (tertiary/aromatic N) is 1. The lowest BCUT2D eigenvalue weighted by molar-refractivity contribution is -0.284. The Morgan fingerprint density at radius 1 is 0.462 bits per heavy atom. The second-order valence-corrected chi connectivity index (χ2v) is 22.1. The SMILES string of the molecule is CC(=O)N[C@H]1[C@H](OCCOCCOCCNC(=O)CN(CC(=O)NCCOCCOCCO[C@@H]2O[C@H](CO)[C@H](O)[C@H](O)[C@H]2C)C(Cc2ccc(-c3ccc(O)cc3)cc2)C(=O)NCCOCCOCCO[C@@H]2O[C@H](CO)[C@H](O)[C@H](O)[C@H]2NC(C)=O)O[C@H](CO)[C@H](O)[C@@H]1O. The van der Waals surface area contributed by atoms with E-state index in [9.17, 15) is 75.0 Å². The molecule has 3 heterocycles. The van der Waals surface area contributed by atoms with Crippen LogP contribution in [0.2, 0.25) is 0 Å². The van der Waals surface area contributed by atoms with Crippen molar-refractivity contribution in [2.45, 2.75) is 119 Å². The van der Waals surface area contributed by atoms with Gasteiger partial charge < -0.3 is 134 Å². The molecule has 2 aromatic rings. The Hall–Kier alpha value is -5.29. The fourth-order valence-electron chi connectivity index (χ4n) is 10.0. The number of carbonyl (C=O) groups is 5. The molecule has 2 aromatic carbocycles. The van der Waals surface area contributed by atoms with Gasteiger partial charge >= 0.3 is 0 Å². The molecule has 0 aliphatic carbocycles. The van der Waals surface area contributed by atoms with Crippen molar-refractivity contribution in [3.05, 3.63) is 54.1 Å². The molecule has 528 valence electrons. The van der Waals surface area contributed by atoms with E-state index < -0.39 is 160 Å². The van der Waals surface area contributed by atoms with Gasteiger partial charge in [0.25, 0.3) is 0 Å². The van der Waals surface area contributed by atoms with Crippen LogP contribution in [-0.4, -0.2) is 329 Å². The topological polar surface area (TPSA) is 462 Å². The zero-order chi connectivity index (χ0) is 67.7. The number of phenolic OH excluding ortho intramolecular Hbond substituents is 1. The van der Waals surface area contributed by atoms with Crippen LogP contribution >= 0.6 is 0 Å². The lowest BCUT2D eigenvalue weighted by atomic mass is 9.92. The van der Waals surface area contributed by atoms with E-state index in [0.717, 1.165) is 11.1 Å². The largest absolute Gasteiger partial charge is 0.508 e. The molecule has 5 rings (SSSR count). The smallest absolute Gasteiger partial charge is 0.237 e. The summed E-state index contributed by atoms with van der Waals surface area (Å²) >= 11 is 0. The first-order chi connectivity index (χ1) is 44.8. The molecule has 0 saturated carbocycles. The maximum absolute atomic E-state index is 14.4. The number of ether oxygens (including phenoxy) is 12. The van der Waals surface area contributed by atoms with Crippen molar-refractivity contribution in [2.75, 3.05) is 152 Å². The van der Waals surface area contributed by atoms with Crippen molar-refractivity contribution in [3.63, 3.8) is 0 Å². The summed E-state index contributed by atoms with van der Waals surface area (Å²) < 4.78 is 67.4. The van der Waals surface area contributed by atoms with Crippen molar-refractivity contribution in [2.24, 2.45) is 5.92 Å². The Morgan fingerprint density at radius 3 is 1.20 bits per heavy atom. The highest BCUT2D eigenvalue weighted by molar-refractivity contribution is 5.86. The third-order valence-electron chi connectivity index (χ3n) is 15.0. The number of benzene rings is 2. The summed E-state index contributed by atoms with van der Waals surface area (Å²) in [6, 6.07) is 10.6. The monoisotopic (exact) mass is 1330 g/mol. The minimum Gasteiger partial charge on any atom is -0.508 e. The van der Waals surface area contributed by atoms with Gasteiger partial charge in [-0.3, -0.25) is 28.9 Å². The summed E-state index contributed by atoms with van der Waals surface area (Å²) in [5.74, 6) is -3.06. The predicted octanol–water partition coefficient (Wildman–Crippen LogP) is -6.27. The van der Waals surface area contributed by atoms with Crippen LogP contribution < -0.4 is 26.6 Å². The van der Waals surface area contributed by atoms with Gasteiger partial charge in [0.2, 0.25) is 29.5 Å². The third kappa shape index (κ3) is 27.0. The normalized spacial score (nSPS) is 26.7. The van der Waals surface area contributed by atoms with Gasteiger partial charge in [-0.25, -0.2) is 0 Å². The molecule has 33 heteroatoms. The standard InChI is InChI=1S/C60H96N6O27/c1-36-51(75)52(76)44(33-67)91-58(36)88-27-24-85-21-18-82-15-12-61-47(73)31-66(32-48(74)62-13-16-83-19-22-86-25-28-89-59-49(64-37(2)70)55(79)53(77)45(34-68)92-59)43(30-39-4-6-40(7-5-39)41-8-10-42(72)11-9-41)57(81)63-14-17-84-20-23-87-26-29-90-60-50(65-38(3)71)56(80)54(78)46(35-69)93-60/h4-11,36,43-46,49-56,58-60,67-69,72,75-80H,12-35H2,1-3H3,(H,61,73)(H,62,74)(H,63,81)(H,64,70)(H,65,71)/t36-,43?,44-,45-,46-,49-,50-,51-,52+,53+,54+,55-,56-,58-,59-,60-/m1/s1. The molecule has 0 aromatic heterocycles. The summed E-state index contributed by atoms with van der Waals surface area (Å²) in [6.45, 7) is 2.75. The zero-order valence-electron chi connectivity index (χ0n) is 52.7. The van der Waals surface area contributed by atoms with Crippen molar-refractivity contribution in [1.29, 1.82) is 0 Å². The van der Waals surface area contributed by atoms with Gasteiger partial charge in [-0.15, -0.1) is 0 Å². The zero-order valence-corrected chi connectivity index (χ0v) is 52.7. The van der Waals surface area contributed by atoms with Crippen LogP contribution in [0.5, 0.6) is 5.75 Å². The summed E-state index contributed by atoms with van der Waals surface area (Å²) in [7, 11) is 0. The Balaban J connectivity index is 1.14. The molecular weight excluding hydrogens is 1240 g/mol. The van der Waals surface area contributed by atoms with Gasteiger partial charge in [0.15, 0.2) is 18.9 Å². The second-order valence-electron chi connectivity index (χ2n) is 22.1. The molecule has 0 spiro atoms. The molecule has 33 nitrogen and oxygen atoms in total. The maximum Gasteiger partial charge on any atom is 0.237 e. The molecule has 15 N–H and O–H groups in total. The summed E-state index contributed by atoms with van der Waals surface area (Å²) in [5, 5.41) is 114. The van der Waals surface area contributed by atoms with E-state index in [0.29, 0.717) is 5.56 Å². The van der Waals surface area contributed by atoms with Gasteiger partial charge in [0, 0.05) is 39.4 Å². The maximum atomic E-state index is 14.4. The Bertz CT molecular complexity index is 2460. The Labute approximate surface area is 539 Å². The third-order valence-corrected chi connectivity index (χ3v) is 15.0. The Kier molecular flexibility index (Phi) is 36.3. The molecule has 3 aliphatic heterocycles. The number of aliphatic hydroxyl groups excluding tert-OH is 9. The quantitative estimate of drug-likeness (QED) is 0.0275. The minimum atomic E-state index is -1.47. The van der Waals surface area contributed by atoms with E-state index in [1.54, 1.807) is 31.2 Å². The molecule has 5 amide bonds. The number of phenols is 1. The number of nitrogens with one attached hydrogen (secondary N) is 5. The van der Waals surface area contributed by atoms with Crippen LogP contribution in [0.3, 0.4) is 0 Å². The molecule has 1 unspecified atom stereocenters. The highest BCUT2D eigenvalue weighted by atomic mass is 16.7. The minimum absolute atomic E-state index is 0.0128. The molecule has 0 bridgehead atoms. The summed E-state index contributed by atoms with van der Waals surface area (Å²) in [4.78, 5) is 66.8. The van der Waals surface area contributed by atoms with Gasteiger partial charge in [-0.05, 0) is 35.2 Å². The molecule has 3 aliphatic rings. The molecule has 16 atom stereocenters. The van der Waals surface area contributed by atoms with Gasteiger partial charge in [-0.1, -0.05) is 43.3 Å². The van der Waals surface area contributed by atoms with Crippen LogP contribution in [0.15, 0.2) is 48.5 Å². The van der Waals surface area contributed by atoms with Crippen LogP contribution in [0.25, 0.3) is 11.1 Å². The van der Waals surface area contributed by atoms with E-state index in [2.05, 4.69) is 26.6 Å². The van der Waals surface area contributed by atoms with Crippen LogP contribution in [0.1, 0.15) is 26.3 Å². The first kappa shape index (κ1) is 78.4. The van der Waals surface area contributed by atoms with Crippen molar-refractivity contribution >= 4 is 29.5 Å². The van der Waals surface area contributed by atoms with E-state index in [-0.39, 0.29) is 131 Å². The summed E-state index contributed by atoms with van der Waals surface area (Å²) in [5.41, 5.74) is 2.33. The highest BCUT2D eigenvalue weighted by Gasteiger charge is 2.47. The predicted molar refractivity (Wildman–Crippen MR) is 322 cm³/mol.